The highest BCUT2D eigenvalue weighted by atomic mass is 32.1. The molecule has 0 saturated heterocycles. The van der Waals surface area contributed by atoms with Gasteiger partial charge in [-0.3, -0.25) is 9.59 Å². The molecule has 3 rings (SSSR count). The summed E-state index contributed by atoms with van der Waals surface area (Å²) in [6.45, 7) is 7.42. The molecule has 0 N–H and O–H groups in total. The first-order chi connectivity index (χ1) is 15.1. The van der Waals surface area contributed by atoms with Gasteiger partial charge in [-0.15, -0.1) is 17.9 Å². The minimum atomic E-state index is -0.0863. The van der Waals surface area contributed by atoms with E-state index in [9.17, 15) is 9.59 Å². The van der Waals surface area contributed by atoms with E-state index in [-0.39, 0.29) is 25.2 Å². The van der Waals surface area contributed by atoms with Crippen LogP contribution in [0.1, 0.15) is 43.0 Å². The minimum Gasteiger partial charge on any atom is -0.454 e. The van der Waals surface area contributed by atoms with Crippen LogP contribution >= 0.6 is 11.3 Å². The summed E-state index contributed by atoms with van der Waals surface area (Å²) in [6.07, 6.45) is 5.04. The molecule has 2 aromatic rings. The van der Waals surface area contributed by atoms with Gasteiger partial charge in [0.25, 0.3) is 0 Å². The summed E-state index contributed by atoms with van der Waals surface area (Å²) in [6, 6.07) is 9.72. The lowest BCUT2D eigenvalue weighted by Gasteiger charge is -2.27. The Hall–Kier alpha value is -2.80. The Morgan fingerprint density at radius 3 is 2.68 bits per heavy atom. The predicted molar refractivity (Wildman–Crippen MR) is 122 cm³/mol. The number of benzene rings is 1. The first-order valence-corrected chi connectivity index (χ1v) is 11.6. The van der Waals surface area contributed by atoms with Gasteiger partial charge in [0.15, 0.2) is 11.5 Å². The summed E-state index contributed by atoms with van der Waals surface area (Å²) >= 11 is 1.61. The van der Waals surface area contributed by atoms with E-state index < -0.39 is 0 Å². The zero-order valence-electron chi connectivity index (χ0n) is 18.0. The molecule has 166 valence electrons. The molecule has 1 aliphatic rings. The Morgan fingerprint density at radius 2 is 1.94 bits per heavy atom. The van der Waals surface area contributed by atoms with Crippen molar-refractivity contribution in [2.45, 2.75) is 45.7 Å². The van der Waals surface area contributed by atoms with Crippen LogP contribution in [0.15, 0.2) is 48.4 Å². The first-order valence-electron chi connectivity index (χ1n) is 10.7. The highest BCUT2D eigenvalue weighted by Gasteiger charge is 2.22. The van der Waals surface area contributed by atoms with Crippen molar-refractivity contribution in [1.82, 2.24) is 9.80 Å². The van der Waals surface area contributed by atoms with Crippen molar-refractivity contribution in [2.75, 3.05) is 19.9 Å². The number of carbonyl (C=O) groups excluding carboxylic acids is 2. The number of fused-ring (bicyclic) bond motifs is 1. The van der Waals surface area contributed by atoms with Gasteiger partial charge in [0, 0.05) is 24.4 Å². The smallest absolute Gasteiger partial charge is 0.242 e. The van der Waals surface area contributed by atoms with Gasteiger partial charge in [0.1, 0.15) is 6.54 Å². The van der Waals surface area contributed by atoms with E-state index in [1.54, 1.807) is 27.2 Å². The average molecular weight is 443 g/mol. The van der Waals surface area contributed by atoms with E-state index in [1.165, 1.54) is 0 Å². The quantitative estimate of drug-likeness (QED) is 0.356. The number of hydrogen-bond acceptors (Lipinski definition) is 5. The maximum atomic E-state index is 13.3. The van der Waals surface area contributed by atoms with Gasteiger partial charge in [-0.1, -0.05) is 38.0 Å². The second-order valence-corrected chi connectivity index (χ2v) is 8.57. The Balaban J connectivity index is 1.71. The molecule has 0 spiro atoms. The number of amides is 2. The van der Waals surface area contributed by atoms with Crippen molar-refractivity contribution in [3.8, 4) is 11.5 Å². The Kier molecular flexibility index (Phi) is 8.53. The molecule has 31 heavy (non-hydrogen) atoms. The second-order valence-electron chi connectivity index (χ2n) is 7.54. The standard InChI is InChI=1S/C24H30N2O4S/c1-3-5-6-9-23(27)25(12-4-2)17-24(28)26(16-20-8-7-13-31-20)15-19-10-11-21-22(14-19)30-18-29-21/h4,7-8,10-11,13-14H,2-3,5-6,9,12,15-18H2,1H3. The molecular formula is C24H30N2O4S. The number of ether oxygens (including phenoxy) is 2. The molecule has 0 aliphatic carbocycles. The lowest BCUT2D eigenvalue weighted by molar-refractivity contribution is -0.140. The fourth-order valence-corrected chi connectivity index (χ4v) is 4.16. The van der Waals surface area contributed by atoms with Gasteiger partial charge in [-0.05, 0) is 35.6 Å². The Morgan fingerprint density at radius 1 is 1.10 bits per heavy atom. The van der Waals surface area contributed by atoms with Crippen molar-refractivity contribution < 1.29 is 19.1 Å². The molecular weight excluding hydrogens is 412 g/mol. The number of carbonyl (C=O) groups is 2. The number of hydrogen-bond donors (Lipinski definition) is 0. The fourth-order valence-electron chi connectivity index (χ4n) is 3.44. The van der Waals surface area contributed by atoms with Gasteiger partial charge < -0.3 is 19.3 Å². The van der Waals surface area contributed by atoms with Crippen molar-refractivity contribution in [2.24, 2.45) is 0 Å². The van der Waals surface area contributed by atoms with Crippen LogP contribution < -0.4 is 9.47 Å². The van der Waals surface area contributed by atoms with Gasteiger partial charge in [-0.25, -0.2) is 0 Å². The normalized spacial score (nSPS) is 11.9. The average Bonchev–Trinajstić information content (AvgIpc) is 3.44. The summed E-state index contributed by atoms with van der Waals surface area (Å²) in [4.78, 5) is 30.4. The Labute approximate surface area is 188 Å². The van der Waals surface area contributed by atoms with Crippen LogP contribution in [0.3, 0.4) is 0 Å². The van der Waals surface area contributed by atoms with Crippen LogP contribution in [0.2, 0.25) is 0 Å². The number of unbranched alkanes of at least 4 members (excludes halogenated alkanes) is 2. The van der Waals surface area contributed by atoms with Gasteiger partial charge in [-0.2, -0.15) is 0 Å². The van der Waals surface area contributed by atoms with E-state index in [2.05, 4.69) is 13.5 Å². The van der Waals surface area contributed by atoms with Crippen LogP contribution in [0.5, 0.6) is 11.5 Å². The number of nitrogens with zero attached hydrogens (tertiary/aromatic N) is 2. The Bertz CT molecular complexity index is 882. The van der Waals surface area contributed by atoms with E-state index in [4.69, 9.17) is 9.47 Å². The molecule has 6 nitrogen and oxygen atoms in total. The summed E-state index contributed by atoms with van der Waals surface area (Å²) in [5.74, 6) is 1.33. The molecule has 7 heteroatoms. The molecule has 0 saturated carbocycles. The van der Waals surface area contributed by atoms with Crippen LogP contribution in [-0.2, 0) is 22.7 Å². The summed E-state index contributed by atoms with van der Waals surface area (Å²) in [5, 5.41) is 2.00. The molecule has 1 aliphatic heterocycles. The van der Waals surface area contributed by atoms with E-state index >= 15 is 0 Å². The summed E-state index contributed by atoms with van der Waals surface area (Å²) in [5.41, 5.74) is 0.957. The third-order valence-electron chi connectivity index (χ3n) is 5.11. The lowest BCUT2D eigenvalue weighted by atomic mass is 10.1. The molecule has 0 bridgehead atoms. The second kappa shape index (κ2) is 11.6. The number of thiophene rings is 1. The highest BCUT2D eigenvalue weighted by molar-refractivity contribution is 7.09. The lowest BCUT2D eigenvalue weighted by Crippen LogP contribution is -2.42. The van der Waals surface area contributed by atoms with Crippen LogP contribution in [0.25, 0.3) is 0 Å². The van der Waals surface area contributed by atoms with E-state index in [0.717, 1.165) is 35.5 Å². The van der Waals surface area contributed by atoms with E-state index in [1.807, 2.05) is 35.7 Å². The van der Waals surface area contributed by atoms with Crippen LogP contribution in [0.4, 0.5) is 0 Å². The maximum absolute atomic E-state index is 13.3. The van der Waals surface area contributed by atoms with Crippen molar-refractivity contribution in [3.05, 3.63) is 58.8 Å². The monoisotopic (exact) mass is 442 g/mol. The number of rotatable bonds is 12. The topological polar surface area (TPSA) is 59.1 Å². The van der Waals surface area contributed by atoms with Gasteiger partial charge in [0.2, 0.25) is 18.6 Å². The van der Waals surface area contributed by atoms with Crippen LogP contribution in [0, 0.1) is 0 Å². The molecule has 0 unspecified atom stereocenters. The van der Waals surface area contributed by atoms with Crippen molar-refractivity contribution in [1.29, 1.82) is 0 Å². The predicted octanol–water partition coefficient (Wildman–Crippen LogP) is 4.60. The molecule has 0 atom stereocenters. The fraction of sp³-hybridized carbons (Fsp3) is 0.417. The molecule has 1 aromatic heterocycles. The molecule has 1 aromatic carbocycles. The van der Waals surface area contributed by atoms with Crippen molar-refractivity contribution >= 4 is 23.2 Å². The molecule has 0 radical (unpaired) electrons. The summed E-state index contributed by atoms with van der Waals surface area (Å²) in [7, 11) is 0. The maximum Gasteiger partial charge on any atom is 0.242 e. The SMILES string of the molecule is C=CCN(CC(=O)N(Cc1ccc2c(c1)OCO2)Cc1cccs1)C(=O)CCCCC. The molecule has 0 fully saturated rings. The highest BCUT2D eigenvalue weighted by Crippen LogP contribution is 2.33. The van der Waals surface area contributed by atoms with Crippen LogP contribution in [-0.4, -0.2) is 41.5 Å². The zero-order valence-corrected chi connectivity index (χ0v) is 18.9. The minimum absolute atomic E-state index is 0.000790. The van der Waals surface area contributed by atoms with Gasteiger partial charge >= 0.3 is 0 Å². The molecule has 2 amide bonds. The first kappa shape index (κ1) is 22.9. The third-order valence-corrected chi connectivity index (χ3v) is 5.97. The van der Waals surface area contributed by atoms with E-state index in [0.29, 0.717) is 31.8 Å². The summed E-state index contributed by atoms with van der Waals surface area (Å²) < 4.78 is 10.9. The van der Waals surface area contributed by atoms with Crippen molar-refractivity contribution in [3.63, 3.8) is 0 Å². The third kappa shape index (κ3) is 6.59. The van der Waals surface area contributed by atoms with Gasteiger partial charge in [0.05, 0.1) is 6.54 Å². The largest absolute Gasteiger partial charge is 0.454 e. The zero-order chi connectivity index (χ0) is 22.1. The molecule has 2 heterocycles.